The molecule has 0 fully saturated rings. The van der Waals surface area contributed by atoms with E-state index in [9.17, 15) is 4.79 Å². The number of nitrogens with one attached hydrogen (secondary N) is 2. The van der Waals surface area contributed by atoms with Crippen molar-refractivity contribution >= 4 is 67.4 Å². The molecule has 4 nitrogen and oxygen atoms in total. The van der Waals surface area contributed by atoms with Crippen LogP contribution in [0.3, 0.4) is 0 Å². The molecule has 1 aromatic carbocycles. The molecule has 1 heterocycles. The van der Waals surface area contributed by atoms with Crippen molar-refractivity contribution < 1.29 is 9.21 Å². The molecular weight excluding hydrogens is 443 g/mol. The topological polar surface area (TPSA) is 54.3 Å². The second kappa shape index (κ2) is 6.49. The molecule has 0 aliphatic carbocycles. The second-order valence-corrected chi connectivity index (χ2v) is 6.00. The third-order valence-electron chi connectivity index (χ3n) is 2.15. The average Bonchev–Trinajstić information content (AvgIpc) is 2.86. The quantitative estimate of drug-likeness (QED) is 0.540. The van der Waals surface area contributed by atoms with Gasteiger partial charge in [0.25, 0.3) is 5.91 Å². The summed E-state index contributed by atoms with van der Waals surface area (Å²) in [7, 11) is 0. The Labute approximate surface area is 137 Å². The summed E-state index contributed by atoms with van der Waals surface area (Å²) in [5, 5.41) is 5.73. The van der Waals surface area contributed by atoms with Crippen molar-refractivity contribution in [1.82, 2.24) is 5.32 Å². The fraction of sp³-hybridized carbons (Fsp3) is 0. The summed E-state index contributed by atoms with van der Waals surface area (Å²) in [5.41, 5.74) is 0.827. The molecule has 0 saturated carbocycles. The van der Waals surface area contributed by atoms with Crippen LogP contribution in [0.1, 0.15) is 10.6 Å². The third-order valence-corrected chi connectivity index (χ3v) is 3.74. The zero-order valence-electron chi connectivity index (χ0n) is 9.44. The van der Waals surface area contributed by atoms with E-state index in [1.807, 2.05) is 18.2 Å². The minimum absolute atomic E-state index is 0.217. The predicted octanol–water partition coefficient (Wildman–Crippen LogP) is 3.77. The van der Waals surface area contributed by atoms with Crippen LogP contribution in [0.4, 0.5) is 5.69 Å². The minimum atomic E-state index is -0.380. The fourth-order valence-corrected chi connectivity index (χ4v) is 2.96. The summed E-state index contributed by atoms with van der Waals surface area (Å²) < 4.78 is 6.95. The average molecular weight is 451 g/mol. The highest BCUT2D eigenvalue weighted by Gasteiger charge is 2.11. The molecule has 98 valence electrons. The van der Waals surface area contributed by atoms with Gasteiger partial charge in [0, 0.05) is 8.04 Å². The van der Waals surface area contributed by atoms with Gasteiger partial charge >= 0.3 is 0 Å². The molecule has 0 aliphatic heterocycles. The molecule has 0 bridgehead atoms. The Morgan fingerprint density at radius 2 is 2.16 bits per heavy atom. The lowest BCUT2D eigenvalue weighted by atomic mass is 10.3. The number of hydrogen-bond acceptors (Lipinski definition) is 3. The summed E-state index contributed by atoms with van der Waals surface area (Å²) in [6.07, 6.45) is 1.43. The van der Waals surface area contributed by atoms with Crippen LogP contribution in [0.15, 0.2) is 45.5 Å². The highest BCUT2D eigenvalue weighted by molar-refractivity contribution is 14.1. The summed E-state index contributed by atoms with van der Waals surface area (Å²) in [6, 6.07) is 8.92. The van der Waals surface area contributed by atoms with Gasteiger partial charge in [-0.2, -0.15) is 0 Å². The highest BCUT2D eigenvalue weighted by Crippen LogP contribution is 2.22. The first-order valence-electron chi connectivity index (χ1n) is 5.17. The van der Waals surface area contributed by atoms with E-state index >= 15 is 0 Å². The van der Waals surface area contributed by atoms with Crippen LogP contribution < -0.4 is 10.6 Å². The number of rotatable bonds is 2. The maximum atomic E-state index is 11.7. The number of halogens is 2. The first kappa shape index (κ1) is 14.5. The minimum Gasteiger partial charge on any atom is -0.459 e. The second-order valence-electron chi connectivity index (χ2n) is 3.51. The van der Waals surface area contributed by atoms with Gasteiger partial charge in [-0.15, -0.1) is 0 Å². The summed E-state index contributed by atoms with van der Waals surface area (Å²) >= 11 is 10.6. The number of benzene rings is 1. The van der Waals surface area contributed by atoms with Crippen molar-refractivity contribution in [2.75, 3.05) is 5.32 Å². The molecule has 19 heavy (non-hydrogen) atoms. The predicted molar refractivity (Wildman–Crippen MR) is 89.3 cm³/mol. The molecule has 2 aromatic rings. The van der Waals surface area contributed by atoms with Gasteiger partial charge in [-0.3, -0.25) is 10.1 Å². The maximum absolute atomic E-state index is 11.7. The van der Waals surface area contributed by atoms with Gasteiger partial charge in [0.1, 0.15) is 0 Å². The van der Waals surface area contributed by atoms with E-state index in [1.165, 1.54) is 6.26 Å². The normalized spacial score (nSPS) is 10.0. The molecule has 2 N–H and O–H groups in total. The Morgan fingerprint density at radius 1 is 1.37 bits per heavy atom. The lowest BCUT2D eigenvalue weighted by Gasteiger charge is -2.10. The van der Waals surface area contributed by atoms with Crippen LogP contribution in [0, 0.1) is 3.57 Å². The van der Waals surface area contributed by atoms with E-state index in [1.54, 1.807) is 12.1 Å². The Kier molecular flexibility index (Phi) is 4.94. The third kappa shape index (κ3) is 4.02. The van der Waals surface area contributed by atoms with E-state index in [0.717, 1.165) is 13.7 Å². The molecule has 0 saturated heterocycles. The van der Waals surface area contributed by atoms with Crippen molar-refractivity contribution in [3.63, 3.8) is 0 Å². The number of carbonyl (C=O) groups excluding carboxylic acids is 1. The fourth-order valence-electron chi connectivity index (χ4n) is 1.32. The standard InChI is InChI=1S/C12H8BrIN2O2S/c13-7-3-4-9(8(14)6-7)15-12(19)16-11(17)10-2-1-5-18-10/h1-6H,(H2,15,16,17,19). The summed E-state index contributed by atoms with van der Waals surface area (Å²) in [4.78, 5) is 11.7. The van der Waals surface area contributed by atoms with Gasteiger partial charge in [0.15, 0.2) is 10.9 Å². The van der Waals surface area contributed by atoms with Crippen LogP contribution in [0.2, 0.25) is 0 Å². The molecule has 0 atom stereocenters. The molecule has 0 radical (unpaired) electrons. The van der Waals surface area contributed by atoms with Crippen molar-refractivity contribution in [2.45, 2.75) is 0 Å². The van der Waals surface area contributed by atoms with Gasteiger partial charge in [-0.1, -0.05) is 15.9 Å². The largest absolute Gasteiger partial charge is 0.459 e. The SMILES string of the molecule is O=C(NC(=S)Nc1ccc(Br)cc1I)c1ccco1. The molecule has 0 spiro atoms. The number of carbonyl (C=O) groups is 1. The first-order chi connectivity index (χ1) is 9.06. The summed E-state index contributed by atoms with van der Waals surface area (Å²) in [6.45, 7) is 0. The van der Waals surface area contributed by atoms with E-state index in [0.29, 0.717) is 0 Å². The Morgan fingerprint density at radius 3 is 2.79 bits per heavy atom. The van der Waals surface area contributed by atoms with Crippen molar-refractivity contribution in [2.24, 2.45) is 0 Å². The van der Waals surface area contributed by atoms with Crippen molar-refractivity contribution in [3.05, 3.63) is 50.4 Å². The number of hydrogen-bond donors (Lipinski definition) is 2. The van der Waals surface area contributed by atoms with Gasteiger partial charge in [-0.05, 0) is 65.1 Å². The Hall–Kier alpha value is -0.930. The van der Waals surface area contributed by atoms with Crippen LogP contribution in [-0.2, 0) is 0 Å². The van der Waals surface area contributed by atoms with E-state index in [-0.39, 0.29) is 16.8 Å². The van der Waals surface area contributed by atoms with Crippen LogP contribution in [0.5, 0.6) is 0 Å². The smallest absolute Gasteiger partial charge is 0.293 e. The van der Waals surface area contributed by atoms with Crippen molar-refractivity contribution in [3.8, 4) is 0 Å². The zero-order valence-corrected chi connectivity index (χ0v) is 14.0. The number of anilines is 1. The molecule has 2 rings (SSSR count). The molecule has 1 amide bonds. The highest BCUT2D eigenvalue weighted by atomic mass is 127. The van der Waals surface area contributed by atoms with Gasteiger partial charge in [0.05, 0.1) is 12.0 Å². The number of thiocarbonyl (C=S) groups is 1. The Bertz CT molecular complexity index is 616. The maximum Gasteiger partial charge on any atom is 0.293 e. The monoisotopic (exact) mass is 450 g/mol. The van der Waals surface area contributed by atoms with E-state index < -0.39 is 0 Å². The molecule has 0 aliphatic rings. The number of amides is 1. The van der Waals surface area contributed by atoms with Gasteiger partial charge in [0.2, 0.25) is 0 Å². The summed E-state index contributed by atoms with van der Waals surface area (Å²) in [5.74, 6) is -0.163. The van der Waals surface area contributed by atoms with Crippen LogP contribution in [0.25, 0.3) is 0 Å². The Balaban J connectivity index is 2.00. The van der Waals surface area contributed by atoms with Gasteiger partial charge in [-0.25, -0.2) is 0 Å². The molecular formula is C12H8BrIN2O2S. The van der Waals surface area contributed by atoms with Gasteiger partial charge < -0.3 is 9.73 Å². The van der Waals surface area contributed by atoms with Crippen LogP contribution >= 0.6 is 50.7 Å². The zero-order chi connectivity index (χ0) is 13.8. The molecule has 7 heteroatoms. The molecule has 0 unspecified atom stereocenters. The van der Waals surface area contributed by atoms with E-state index in [2.05, 4.69) is 49.2 Å². The van der Waals surface area contributed by atoms with Crippen LogP contribution in [-0.4, -0.2) is 11.0 Å². The van der Waals surface area contributed by atoms with E-state index in [4.69, 9.17) is 16.6 Å². The number of furan rings is 1. The van der Waals surface area contributed by atoms with Crippen molar-refractivity contribution in [1.29, 1.82) is 0 Å². The first-order valence-corrected chi connectivity index (χ1v) is 7.45. The lowest BCUT2D eigenvalue weighted by Crippen LogP contribution is -2.34. The lowest BCUT2D eigenvalue weighted by molar-refractivity contribution is 0.0950. The molecule has 1 aromatic heterocycles.